The lowest BCUT2D eigenvalue weighted by atomic mass is 10.2. The molecule has 11 heteroatoms. The van der Waals surface area contributed by atoms with Crippen LogP contribution in [0.5, 0.6) is 11.5 Å². The third-order valence-corrected chi connectivity index (χ3v) is 6.26. The molecule has 0 atom stereocenters. The van der Waals surface area contributed by atoms with Crippen molar-refractivity contribution >= 4 is 37.8 Å². The van der Waals surface area contributed by atoms with Crippen molar-refractivity contribution in [1.29, 1.82) is 0 Å². The molecule has 1 aliphatic rings. The fraction of sp³-hybridized carbons (Fsp3) is 0.263. The van der Waals surface area contributed by atoms with Crippen molar-refractivity contribution in [2.75, 3.05) is 19.8 Å². The number of amides is 2. The number of carbonyl (C=O) groups is 2. The van der Waals surface area contributed by atoms with E-state index in [9.17, 15) is 18.0 Å². The first-order valence-corrected chi connectivity index (χ1v) is 11.4. The van der Waals surface area contributed by atoms with Gasteiger partial charge < -0.3 is 9.47 Å². The smallest absolute Gasteiger partial charge is 0.270 e. The average molecular weight is 498 g/mol. The molecule has 1 aliphatic heterocycles. The molecule has 30 heavy (non-hydrogen) atoms. The number of carbonyl (C=O) groups excluding carboxylic acids is 2. The average Bonchev–Trinajstić information content (AvgIpc) is 2.97. The first-order valence-electron chi connectivity index (χ1n) is 9.10. The number of benzene rings is 2. The SMILES string of the molecule is O=C(CCNS(=O)(=O)c1ccc2c(c1)OCCCO2)NNC(=O)c1ccccc1Br. The monoisotopic (exact) mass is 497 g/mol. The Hall–Kier alpha value is -2.63. The Morgan fingerprint density at radius 1 is 1.00 bits per heavy atom. The molecule has 3 rings (SSSR count). The van der Waals surface area contributed by atoms with Crippen molar-refractivity contribution in [2.24, 2.45) is 0 Å². The summed E-state index contributed by atoms with van der Waals surface area (Å²) < 4.78 is 38.8. The van der Waals surface area contributed by atoms with Crippen LogP contribution in [-0.4, -0.2) is 40.0 Å². The molecule has 0 saturated carbocycles. The van der Waals surface area contributed by atoms with E-state index in [1.165, 1.54) is 12.1 Å². The fourth-order valence-electron chi connectivity index (χ4n) is 2.59. The third kappa shape index (κ3) is 5.71. The zero-order valence-corrected chi connectivity index (χ0v) is 18.2. The summed E-state index contributed by atoms with van der Waals surface area (Å²) in [5.41, 5.74) is 4.89. The van der Waals surface area contributed by atoms with Crippen LogP contribution in [0.4, 0.5) is 0 Å². The van der Waals surface area contributed by atoms with E-state index in [0.717, 1.165) is 0 Å². The molecule has 2 aromatic carbocycles. The molecule has 160 valence electrons. The molecule has 0 aromatic heterocycles. The maximum Gasteiger partial charge on any atom is 0.270 e. The molecule has 1 heterocycles. The Morgan fingerprint density at radius 3 is 2.50 bits per heavy atom. The zero-order chi connectivity index (χ0) is 21.6. The molecule has 0 radical (unpaired) electrons. The number of rotatable bonds is 6. The summed E-state index contributed by atoms with van der Waals surface area (Å²) in [5, 5.41) is 0. The number of hydrazine groups is 1. The van der Waals surface area contributed by atoms with E-state index in [4.69, 9.17) is 9.47 Å². The van der Waals surface area contributed by atoms with Gasteiger partial charge in [0.15, 0.2) is 11.5 Å². The first-order chi connectivity index (χ1) is 14.4. The van der Waals surface area contributed by atoms with Crippen molar-refractivity contribution in [3.8, 4) is 11.5 Å². The van der Waals surface area contributed by atoms with E-state index in [0.29, 0.717) is 41.2 Å². The fourth-order valence-corrected chi connectivity index (χ4v) is 4.11. The van der Waals surface area contributed by atoms with Gasteiger partial charge in [-0.1, -0.05) is 12.1 Å². The molecule has 2 aromatic rings. The minimum Gasteiger partial charge on any atom is -0.490 e. The van der Waals surface area contributed by atoms with Crippen LogP contribution in [0.15, 0.2) is 51.8 Å². The second-order valence-electron chi connectivity index (χ2n) is 6.29. The minimum atomic E-state index is -3.84. The summed E-state index contributed by atoms with van der Waals surface area (Å²) in [4.78, 5) is 24.0. The van der Waals surface area contributed by atoms with Gasteiger partial charge in [-0.15, -0.1) is 0 Å². The van der Waals surface area contributed by atoms with E-state index in [2.05, 4.69) is 31.5 Å². The molecule has 0 saturated heterocycles. The van der Waals surface area contributed by atoms with E-state index < -0.39 is 21.8 Å². The summed E-state index contributed by atoms with van der Waals surface area (Å²) in [6, 6.07) is 11.1. The Labute approximate surface area is 182 Å². The highest BCUT2D eigenvalue weighted by Gasteiger charge is 2.19. The van der Waals surface area contributed by atoms with Crippen molar-refractivity contribution in [3.05, 3.63) is 52.5 Å². The normalized spacial score (nSPS) is 13.2. The summed E-state index contributed by atoms with van der Waals surface area (Å²) >= 11 is 3.25. The first kappa shape index (κ1) is 22.1. The van der Waals surface area contributed by atoms with Gasteiger partial charge in [0, 0.05) is 29.9 Å². The van der Waals surface area contributed by atoms with E-state index in [1.807, 2.05) is 0 Å². The van der Waals surface area contributed by atoms with Crippen LogP contribution in [0.1, 0.15) is 23.2 Å². The third-order valence-electron chi connectivity index (χ3n) is 4.11. The summed E-state index contributed by atoms with van der Waals surface area (Å²) in [5.74, 6) is -0.185. The predicted octanol–water partition coefficient (Wildman–Crippen LogP) is 1.74. The largest absolute Gasteiger partial charge is 0.490 e. The highest BCUT2D eigenvalue weighted by molar-refractivity contribution is 9.10. The molecule has 0 spiro atoms. The van der Waals surface area contributed by atoms with Crippen LogP contribution in [0.25, 0.3) is 0 Å². The van der Waals surface area contributed by atoms with Gasteiger partial charge in [0.1, 0.15) is 0 Å². The zero-order valence-electron chi connectivity index (χ0n) is 15.8. The van der Waals surface area contributed by atoms with Gasteiger partial charge in [-0.25, -0.2) is 13.1 Å². The van der Waals surface area contributed by atoms with E-state index in [1.54, 1.807) is 30.3 Å². The molecule has 3 N–H and O–H groups in total. The number of ether oxygens (including phenoxy) is 2. The number of hydrogen-bond acceptors (Lipinski definition) is 6. The van der Waals surface area contributed by atoms with Crippen LogP contribution in [-0.2, 0) is 14.8 Å². The maximum absolute atomic E-state index is 12.5. The second-order valence-corrected chi connectivity index (χ2v) is 8.91. The minimum absolute atomic E-state index is 0.00869. The lowest BCUT2D eigenvalue weighted by Crippen LogP contribution is -2.42. The van der Waals surface area contributed by atoms with Gasteiger partial charge in [0.2, 0.25) is 15.9 Å². The number of fused-ring (bicyclic) bond motifs is 1. The highest BCUT2D eigenvalue weighted by atomic mass is 79.9. The predicted molar refractivity (Wildman–Crippen MR) is 112 cm³/mol. The van der Waals surface area contributed by atoms with Crippen LogP contribution in [0.3, 0.4) is 0 Å². The van der Waals surface area contributed by atoms with Gasteiger partial charge >= 0.3 is 0 Å². The van der Waals surface area contributed by atoms with Crippen molar-refractivity contribution < 1.29 is 27.5 Å². The summed E-state index contributed by atoms with van der Waals surface area (Å²) in [7, 11) is -3.84. The van der Waals surface area contributed by atoms with E-state index in [-0.39, 0.29) is 17.9 Å². The molecule has 0 aliphatic carbocycles. The lowest BCUT2D eigenvalue weighted by Gasteiger charge is -2.11. The number of hydrogen-bond donors (Lipinski definition) is 3. The van der Waals surface area contributed by atoms with Crippen molar-refractivity contribution in [2.45, 2.75) is 17.7 Å². The van der Waals surface area contributed by atoms with Crippen molar-refractivity contribution in [3.63, 3.8) is 0 Å². The van der Waals surface area contributed by atoms with Gasteiger partial charge in [0.25, 0.3) is 5.91 Å². The molecular formula is C19H20BrN3O6S. The molecule has 2 amide bonds. The van der Waals surface area contributed by atoms with Crippen LogP contribution >= 0.6 is 15.9 Å². The molecule has 0 bridgehead atoms. The molecule has 0 fully saturated rings. The summed E-state index contributed by atoms with van der Waals surface area (Å²) in [6.45, 7) is 0.799. The topological polar surface area (TPSA) is 123 Å². The van der Waals surface area contributed by atoms with Gasteiger partial charge in [0.05, 0.1) is 23.7 Å². The van der Waals surface area contributed by atoms with Crippen molar-refractivity contribution in [1.82, 2.24) is 15.6 Å². The number of halogens is 1. The lowest BCUT2D eigenvalue weighted by molar-refractivity contribution is -0.121. The molecule has 9 nitrogen and oxygen atoms in total. The summed E-state index contributed by atoms with van der Waals surface area (Å²) in [6.07, 6.45) is 0.544. The Bertz CT molecular complexity index is 1040. The molecule has 0 unspecified atom stereocenters. The van der Waals surface area contributed by atoms with Crippen LogP contribution in [0, 0.1) is 0 Å². The van der Waals surface area contributed by atoms with Gasteiger partial charge in [-0.2, -0.15) is 0 Å². The Balaban J connectivity index is 1.49. The second kappa shape index (κ2) is 9.92. The highest BCUT2D eigenvalue weighted by Crippen LogP contribution is 2.31. The quantitative estimate of drug-likeness (QED) is 0.522. The Morgan fingerprint density at radius 2 is 1.73 bits per heavy atom. The van der Waals surface area contributed by atoms with Gasteiger partial charge in [-0.05, 0) is 40.2 Å². The van der Waals surface area contributed by atoms with E-state index >= 15 is 0 Å². The standard InChI is InChI=1S/C19H20BrN3O6S/c20-15-5-2-1-4-14(15)19(25)23-22-18(24)8-9-21-30(26,27)13-6-7-16-17(12-13)29-11-3-10-28-16/h1-2,4-7,12,21H,3,8-11H2,(H,22,24)(H,23,25). The van der Waals surface area contributed by atoms with Gasteiger partial charge in [-0.3, -0.25) is 20.4 Å². The van der Waals surface area contributed by atoms with Crippen LogP contribution in [0.2, 0.25) is 0 Å². The Kier molecular flexibility index (Phi) is 7.29. The number of sulfonamides is 1. The van der Waals surface area contributed by atoms with Crippen LogP contribution < -0.4 is 25.0 Å². The molecular weight excluding hydrogens is 478 g/mol. The maximum atomic E-state index is 12.5. The number of nitrogens with one attached hydrogen (secondary N) is 3.